The molecular formula is C10H14BrNO. The maximum Gasteiger partial charge on any atom is 0.214 e. The van der Waals surface area contributed by atoms with Crippen LogP contribution in [-0.2, 0) is 0 Å². The van der Waals surface area contributed by atoms with E-state index in [1.807, 2.05) is 18.2 Å². The minimum Gasteiger partial charge on any atom is -0.478 e. The van der Waals surface area contributed by atoms with Crippen LogP contribution >= 0.6 is 15.9 Å². The predicted octanol–water partition coefficient (Wildman–Crippen LogP) is 3.27. The van der Waals surface area contributed by atoms with Gasteiger partial charge in [0, 0.05) is 6.07 Å². The summed E-state index contributed by atoms with van der Waals surface area (Å²) < 4.78 is 6.27. The quantitative estimate of drug-likeness (QED) is 0.758. The maximum absolute atomic E-state index is 5.46. The van der Waals surface area contributed by atoms with E-state index in [1.54, 1.807) is 0 Å². The third kappa shape index (κ3) is 4.27. The number of hydrogen-bond acceptors (Lipinski definition) is 2. The third-order valence-electron chi connectivity index (χ3n) is 1.63. The summed E-state index contributed by atoms with van der Waals surface area (Å²) in [6.07, 6.45) is 1.06. The van der Waals surface area contributed by atoms with Crippen LogP contribution in [0.4, 0.5) is 0 Å². The molecule has 0 saturated heterocycles. The van der Waals surface area contributed by atoms with Crippen molar-refractivity contribution in [1.82, 2.24) is 4.98 Å². The maximum atomic E-state index is 5.46. The van der Waals surface area contributed by atoms with E-state index in [4.69, 9.17) is 4.74 Å². The van der Waals surface area contributed by atoms with Gasteiger partial charge in [-0.05, 0) is 34.3 Å². The average Bonchev–Trinajstić information content (AvgIpc) is 2.03. The van der Waals surface area contributed by atoms with Crippen molar-refractivity contribution in [3.8, 4) is 5.88 Å². The van der Waals surface area contributed by atoms with Crippen molar-refractivity contribution >= 4 is 15.9 Å². The summed E-state index contributed by atoms with van der Waals surface area (Å²) in [5.74, 6) is 1.36. The van der Waals surface area contributed by atoms with E-state index in [2.05, 4.69) is 34.8 Å². The zero-order valence-electron chi connectivity index (χ0n) is 7.96. The molecule has 0 N–H and O–H groups in total. The highest BCUT2D eigenvalue weighted by Crippen LogP contribution is 2.12. The molecule has 0 aliphatic heterocycles. The Bertz CT molecular complexity index is 263. The van der Waals surface area contributed by atoms with Gasteiger partial charge in [0.2, 0.25) is 5.88 Å². The minimum absolute atomic E-state index is 0.673. The van der Waals surface area contributed by atoms with E-state index < -0.39 is 0 Å². The molecule has 0 fully saturated rings. The van der Waals surface area contributed by atoms with Crippen molar-refractivity contribution < 1.29 is 4.74 Å². The van der Waals surface area contributed by atoms with E-state index >= 15 is 0 Å². The number of hydrogen-bond donors (Lipinski definition) is 0. The van der Waals surface area contributed by atoms with Crippen LogP contribution in [0.2, 0.25) is 0 Å². The lowest BCUT2D eigenvalue weighted by Crippen LogP contribution is -2.02. The molecule has 0 aromatic carbocycles. The van der Waals surface area contributed by atoms with E-state index in [0.29, 0.717) is 11.8 Å². The van der Waals surface area contributed by atoms with Crippen LogP contribution in [0.15, 0.2) is 22.8 Å². The third-order valence-corrected chi connectivity index (χ3v) is 2.08. The van der Waals surface area contributed by atoms with Crippen LogP contribution in [0, 0.1) is 5.92 Å². The number of rotatable bonds is 4. The summed E-state index contributed by atoms with van der Waals surface area (Å²) in [5.41, 5.74) is 0. The molecule has 13 heavy (non-hydrogen) atoms. The summed E-state index contributed by atoms with van der Waals surface area (Å²) in [6, 6.07) is 5.67. The van der Waals surface area contributed by atoms with Crippen molar-refractivity contribution in [2.45, 2.75) is 20.3 Å². The monoisotopic (exact) mass is 243 g/mol. The summed E-state index contributed by atoms with van der Waals surface area (Å²) in [7, 11) is 0. The highest BCUT2D eigenvalue weighted by atomic mass is 79.9. The van der Waals surface area contributed by atoms with Crippen LogP contribution in [0.25, 0.3) is 0 Å². The molecule has 1 heterocycles. The number of halogens is 1. The molecular weight excluding hydrogens is 230 g/mol. The van der Waals surface area contributed by atoms with E-state index in [1.165, 1.54) is 0 Å². The van der Waals surface area contributed by atoms with Gasteiger partial charge in [0.1, 0.15) is 4.60 Å². The molecule has 1 aromatic rings. The van der Waals surface area contributed by atoms with Gasteiger partial charge in [-0.1, -0.05) is 19.9 Å². The molecule has 0 aliphatic carbocycles. The number of pyridine rings is 1. The molecule has 0 radical (unpaired) electrons. The summed E-state index contributed by atoms with van der Waals surface area (Å²) in [6.45, 7) is 5.09. The zero-order valence-corrected chi connectivity index (χ0v) is 9.54. The lowest BCUT2D eigenvalue weighted by molar-refractivity contribution is 0.279. The van der Waals surface area contributed by atoms with Crippen molar-refractivity contribution in [1.29, 1.82) is 0 Å². The molecule has 0 aliphatic rings. The lowest BCUT2D eigenvalue weighted by Gasteiger charge is -2.06. The smallest absolute Gasteiger partial charge is 0.214 e. The van der Waals surface area contributed by atoms with Gasteiger partial charge in [-0.25, -0.2) is 4.98 Å². The minimum atomic E-state index is 0.673. The first kappa shape index (κ1) is 10.5. The topological polar surface area (TPSA) is 22.1 Å². The van der Waals surface area contributed by atoms with E-state index in [9.17, 15) is 0 Å². The van der Waals surface area contributed by atoms with Crippen LogP contribution in [-0.4, -0.2) is 11.6 Å². The Kier molecular flexibility index (Phi) is 4.22. The Morgan fingerprint density at radius 2 is 2.23 bits per heavy atom. The molecule has 0 amide bonds. The first-order chi connectivity index (χ1) is 6.18. The molecule has 1 rings (SSSR count). The summed E-state index contributed by atoms with van der Waals surface area (Å²) >= 11 is 3.29. The van der Waals surface area contributed by atoms with Crippen LogP contribution in [0.3, 0.4) is 0 Å². The molecule has 1 aromatic heterocycles. The van der Waals surface area contributed by atoms with Crippen LogP contribution < -0.4 is 4.74 Å². The zero-order chi connectivity index (χ0) is 9.68. The van der Waals surface area contributed by atoms with Crippen LogP contribution in [0.5, 0.6) is 5.88 Å². The first-order valence-electron chi connectivity index (χ1n) is 4.44. The lowest BCUT2D eigenvalue weighted by atomic mass is 10.1. The summed E-state index contributed by atoms with van der Waals surface area (Å²) in [5, 5.41) is 0. The fourth-order valence-corrected chi connectivity index (χ4v) is 1.20. The number of aromatic nitrogens is 1. The Hall–Kier alpha value is -0.570. The standard InChI is InChI=1S/C10H14BrNO/c1-8(2)6-7-13-10-5-3-4-9(11)12-10/h3-5,8H,6-7H2,1-2H3. The van der Waals surface area contributed by atoms with Crippen LogP contribution in [0.1, 0.15) is 20.3 Å². The van der Waals surface area contributed by atoms with Gasteiger partial charge < -0.3 is 4.74 Å². The van der Waals surface area contributed by atoms with E-state index in [-0.39, 0.29) is 0 Å². The first-order valence-corrected chi connectivity index (χ1v) is 5.23. The fraction of sp³-hybridized carbons (Fsp3) is 0.500. The molecule has 2 nitrogen and oxygen atoms in total. The van der Waals surface area contributed by atoms with Gasteiger partial charge in [0.05, 0.1) is 6.61 Å². The fourth-order valence-electron chi connectivity index (χ4n) is 0.869. The number of nitrogens with zero attached hydrogens (tertiary/aromatic N) is 1. The van der Waals surface area contributed by atoms with Crippen molar-refractivity contribution in [2.24, 2.45) is 5.92 Å². The number of ether oxygens (including phenoxy) is 1. The van der Waals surface area contributed by atoms with E-state index in [0.717, 1.165) is 17.6 Å². The van der Waals surface area contributed by atoms with Gasteiger partial charge in [-0.2, -0.15) is 0 Å². The molecule has 0 saturated carbocycles. The Morgan fingerprint density at radius 3 is 2.85 bits per heavy atom. The second-order valence-electron chi connectivity index (χ2n) is 3.33. The molecule has 0 spiro atoms. The largest absolute Gasteiger partial charge is 0.478 e. The van der Waals surface area contributed by atoms with Gasteiger partial charge in [0.25, 0.3) is 0 Å². The highest BCUT2D eigenvalue weighted by Gasteiger charge is 1.97. The second kappa shape index (κ2) is 5.22. The Labute approximate surface area is 87.5 Å². The SMILES string of the molecule is CC(C)CCOc1cccc(Br)n1. The Balaban J connectivity index is 2.37. The molecule has 72 valence electrons. The van der Waals surface area contributed by atoms with Crippen molar-refractivity contribution in [2.75, 3.05) is 6.61 Å². The van der Waals surface area contributed by atoms with Gasteiger partial charge in [0.15, 0.2) is 0 Å². The predicted molar refractivity (Wildman–Crippen MR) is 56.9 cm³/mol. The second-order valence-corrected chi connectivity index (χ2v) is 4.14. The molecule has 0 bridgehead atoms. The summed E-state index contributed by atoms with van der Waals surface area (Å²) in [4.78, 5) is 4.16. The van der Waals surface area contributed by atoms with Gasteiger partial charge in [-0.3, -0.25) is 0 Å². The molecule has 0 atom stereocenters. The van der Waals surface area contributed by atoms with Crippen molar-refractivity contribution in [3.63, 3.8) is 0 Å². The molecule has 3 heteroatoms. The molecule has 0 unspecified atom stereocenters. The van der Waals surface area contributed by atoms with Gasteiger partial charge in [-0.15, -0.1) is 0 Å². The normalized spacial score (nSPS) is 10.5. The highest BCUT2D eigenvalue weighted by molar-refractivity contribution is 9.10. The Morgan fingerprint density at radius 1 is 1.46 bits per heavy atom. The van der Waals surface area contributed by atoms with Gasteiger partial charge >= 0.3 is 0 Å². The van der Waals surface area contributed by atoms with Crippen molar-refractivity contribution in [3.05, 3.63) is 22.8 Å². The average molecular weight is 244 g/mol.